The summed E-state index contributed by atoms with van der Waals surface area (Å²) in [4.78, 5) is 0. The lowest BCUT2D eigenvalue weighted by Gasteiger charge is -2.20. The largest absolute Gasteiger partial charge is 0.370 e. The summed E-state index contributed by atoms with van der Waals surface area (Å²) >= 11 is 8.30. The van der Waals surface area contributed by atoms with Crippen LogP contribution in [0.3, 0.4) is 0 Å². The van der Waals surface area contributed by atoms with Gasteiger partial charge in [-0.1, -0.05) is 53.2 Å². The van der Waals surface area contributed by atoms with Crippen molar-refractivity contribution in [2.45, 2.75) is 32.5 Å². The predicted molar refractivity (Wildman–Crippen MR) is 73.9 cm³/mol. The van der Waals surface area contributed by atoms with Gasteiger partial charge in [-0.25, -0.2) is 0 Å². The van der Waals surface area contributed by atoms with Gasteiger partial charge in [-0.05, 0) is 31.0 Å². The van der Waals surface area contributed by atoms with Crippen LogP contribution in [0.15, 0.2) is 24.3 Å². The molecule has 2 atom stereocenters. The molecule has 0 bridgehead atoms. The predicted octanol–water partition coefficient (Wildman–Crippen LogP) is 4.63. The van der Waals surface area contributed by atoms with Crippen molar-refractivity contribution in [3.63, 3.8) is 0 Å². The van der Waals surface area contributed by atoms with Gasteiger partial charge in [0.25, 0.3) is 0 Å². The van der Waals surface area contributed by atoms with E-state index in [2.05, 4.69) is 42.5 Å². The third-order valence-corrected chi connectivity index (χ3v) is 3.37. The van der Waals surface area contributed by atoms with Crippen molar-refractivity contribution in [2.24, 2.45) is 0 Å². The van der Waals surface area contributed by atoms with Crippen LogP contribution in [0, 0.1) is 0 Å². The second kappa shape index (κ2) is 6.71. The van der Waals surface area contributed by atoms with E-state index in [-0.39, 0.29) is 6.10 Å². The fourth-order valence-electron chi connectivity index (χ4n) is 1.29. The van der Waals surface area contributed by atoms with Crippen LogP contribution >= 0.6 is 34.2 Å². The lowest BCUT2D eigenvalue weighted by molar-refractivity contribution is 0.00978. The van der Waals surface area contributed by atoms with Gasteiger partial charge < -0.3 is 4.74 Å². The van der Waals surface area contributed by atoms with E-state index in [0.29, 0.717) is 6.10 Å². The molecule has 0 saturated carbocycles. The number of hydrogen-bond acceptors (Lipinski definition) is 1. The van der Waals surface area contributed by atoms with Gasteiger partial charge >= 0.3 is 0 Å². The molecule has 0 N–H and O–H groups in total. The van der Waals surface area contributed by atoms with Crippen LogP contribution in [0.25, 0.3) is 0 Å². The molecule has 0 heterocycles. The molecular formula is C12H16ClIO. The lowest BCUT2D eigenvalue weighted by atomic mass is 10.1. The first-order valence-electron chi connectivity index (χ1n) is 5.14. The molecule has 0 aliphatic rings. The molecule has 0 amide bonds. The highest BCUT2D eigenvalue weighted by molar-refractivity contribution is 14.1. The molecule has 3 heteroatoms. The monoisotopic (exact) mass is 338 g/mol. The van der Waals surface area contributed by atoms with Gasteiger partial charge in [0.15, 0.2) is 0 Å². The normalized spacial score (nSPS) is 14.9. The summed E-state index contributed by atoms with van der Waals surface area (Å²) < 4.78 is 6.87. The van der Waals surface area contributed by atoms with Gasteiger partial charge in [-0.2, -0.15) is 0 Å². The number of halogens is 2. The first-order valence-corrected chi connectivity index (χ1v) is 7.04. The van der Waals surface area contributed by atoms with Crippen LogP contribution in [0.2, 0.25) is 5.02 Å². The van der Waals surface area contributed by atoms with Gasteiger partial charge in [0.1, 0.15) is 0 Å². The molecule has 1 aromatic carbocycles. The Morgan fingerprint density at radius 2 is 2.20 bits per heavy atom. The topological polar surface area (TPSA) is 9.23 Å². The zero-order valence-corrected chi connectivity index (χ0v) is 12.0. The maximum absolute atomic E-state index is 5.96. The smallest absolute Gasteiger partial charge is 0.0918 e. The van der Waals surface area contributed by atoms with Crippen molar-refractivity contribution in [1.29, 1.82) is 0 Å². The highest BCUT2D eigenvalue weighted by atomic mass is 127. The van der Waals surface area contributed by atoms with Gasteiger partial charge in [0.2, 0.25) is 0 Å². The van der Waals surface area contributed by atoms with Crippen LogP contribution in [0.5, 0.6) is 0 Å². The Hall–Kier alpha value is 0.200. The Morgan fingerprint density at radius 1 is 1.47 bits per heavy atom. The second-order valence-electron chi connectivity index (χ2n) is 3.55. The average molecular weight is 339 g/mol. The Balaban J connectivity index is 2.73. The third kappa shape index (κ3) is 4.29. The molecule has 1 rings (SSSR count). The average Bonchev–Trinajstić information content (AvgIpc) is 2.25. The first-order chi connectivity index (χ1) is 7.17. The molecule has 15 heavy (non-hydrogen) atoms. The summed E-state index contributed by atoms with van der Waals surface area (Å²) in [6.45, 7) is 4.23. The molecule has 2 unspecified atom stereocenters. The van der Waals surface area contributed by atoms with E-state index in [9.17, 15) is 0 Å². The number of benzene rings is 1. The van der Waals surface area contributed by atoms with Crippen molar-refractivity contribution in [3.05, 3.63) is 34.9 Å². The van der Waals surface area contributed by atoms with E-state index in [1.807, 2.05) is 18.2 Å². The van der Waals surface area contributed by atoms with Crippen molar-refractivity contribution in [3.8, 4) is 0 Å². The number of rotatable bonds is 5. The minimum absolute atomic E-state index is 0.152. The van der Waals surface area contributed by atoms with Gasteiger partial charge in [-0.3, -0.25) is 0 Å². The van der Waals surface area contributed by atoms with Crippen molar-refractivity contribution >= 4 is 34.2 Å². The standard InChI is InChI=1S/C12H16ClIO/c1-3-9(2)15-12(8-14)10-5-4-6-11(13)7-10/h4-7,9,12H,3,8H2,1-2H3. The summed E-state index contributed by atoms with van der Waals surface area (Å²) in [6.07, 6.45) is 1.48. The van der Waals surface area contributed by atoms with Crippen LogP contribution < -0.4 is 0 Å². The fraction of sp³-hybridized carbons (Fsp3) is 0.500. The minimum atomic E-state index is 0.152. The van der Waals surface area contributed by atoms with Crippen LogP contribution in [0.1, 0.15) is 31.9 Å². The van der Waals surface area contributed by atoms with Crippen LogP contribution in [-0.4, -0.2) is 10.5 Å². The van der Waals surface area contributed by atoms with E-state index in [1.54, 1.807) is 0 Å². The molecule has 0 spiro atoms. The summed E-state index contributed by atoms with van der Waals surface area (Å²) in [5, 5.41) is 0.773. The van der Waals surface area contributed by atoms with Crippen molar-refractivity contribution < 1.29 is 4.74 Å². The molecule has 84 valence electrons. The Bertz CT molecular complexity index is 303. The summed E-state index contributed by atoms with van der Waals surface area (Å²) in [7, 11) is 0. The van der Waals surface area contributed by atoms with E-state index in [1.165, 1.54) is 0 Å². The Labute approximate surface area is 110 Å². The number of ether oxygens (including phenoxy) is 1. The molecule has 1 aromatic rings. The number of alkyl halides is 1. The van der Waals surface area contributed by atoms with Crippen molar-refractivity contribution in [1.82, 2.24) is 0 Å². The van der Waals surface area contributed by atoms with Crippen LogP contribution in [-0.2, 0) is 4.74 Å². The molecule has 0 aliphatic heterocycles. The summed E-state index contributed by atoms with van der Waals surface area (Å²) in [6, 6.07) is 7.90. The zero-order valence-electron chi connectivity index (χ0n) is 9.04. The zero-order chi connectivity index (χ0) is 11.3. The minimum Gasteiger partial charge on any atom is -0.370 e. The van der Waals surface area contributed by atoms with Gasteiger partial charge in [0.05, 0.1) is 12.2 Å². The number of hydrogen-bond donors (Lipinski definition) is 0. The maximum Gasteiger partial charge on any atom is 0.0918 e. The SMILES string of the molecule is CCC(C)OC(CI)c1cccc(Cl)c1. The maximum atomic E-state index is 5.96. The highest BCUT2D eigenvalue weighted by Crippen LogP contribution is 2.24. The highest BCUT2D eigenvalue weighted by Gasteiger charge is 2.13. The third-order valence-electron chi connectivity index (χ3n) is 2.33. The molecule has 0 radical (unpaired) electrons. The first kappa shape index (κ1) is 13.3. The molecule has 0 aromatic heterocycles. The van der Waals surface area contributed by atoms with Crippen LogP contribution in [0.4, 0.5) is 0 Å². The van der Waals surface area contributed by atoms with E-state index < -0.39 is 0 Å². The fourth-order valence-corrected chi connectivity index (χ4v) is 2.20. The summed E-state index contributed by atoms with van der Waals surface area (Å²) in [5.74, 6) is 0. The second-order valence-corrected chi connectivity index (χ2v) is 4.87. The lowest BCUT2D eigenvalue weighted by Crippen LogP contribution is -2.13. The van der Waals surface area contributed by atoms with Gasteiger partial charge in [-0.15, -0.1) is 0 Å². The summed E-state index contributed by atoms with van der Waals surface area (Å²) in [5.41, 5.74) is 1.16. The Kier molecular flexibility index (Phi) is 5.94. The van der Waals surface area contributed by atoms with E-state index in [0.717, 1.165) is 21.4 Å². The molecule has 0 fully saturated rings. The Morgan fingerprint density at radius 3 is 2.73 bits per heavy atom. The van der Waals surface area contributed by atoms with Crippen molar-refractivity contribution in [2.75, 3.05) is 4.43 Å². The van der Waals surface area contributed by atoms with E-state index in [4.69, 9.17) is 16.3 Å². The molecular weight excluding hydrogens is 322 g/mol. The molecule has 1 nitrogen and oxygen atoms in total. The van der Waals surface area contributed by atoms with E-state index >= 15 is 0 Å². The van der Waals surface area contributed by atoms with Gasteiger partial charge in [0, 0.05) is 9.45 Å². The molecule has 0 saturated heterocycles. The molecule has 0 aliphatic carbocycles. The quantitative estimate of drug-likeness (QED) is 0.562.